The largest absolute Gasteiger partial charge is 0.497 e. The number of benzene rings is 2. The van der Waals surface area contributed by atoms with Crippen LogP contribution in [0, 0.1) is 0 Å². The van der Waals surface area contributed by atoms with E-state index in [2.05, 4.69) is 10.3 Å². The van der Waals surface area contributed by atoms with Crippen LogP contribution in [0.3, 0.4) is 0 Å². The Morgan fingerprint density at radius 1 is 1.17 bits per heavy atom. The summed E-state index contributed by atoms with van der Waals surface area (Å²) >= 11 is 1.44. The second kappa shape index (κ2) is 7.14. The van der Waals surface area contributed by atoms with Gasteiger partial charge in [-0.05, 0) is 30.3 Å². The van der Waals surface area contributed by atoms with Crippen LogP contribution in [0.4, 0.5) is 5.13 Å². The summed E-state index contributed by atoms with van der Waals surface area (Å²) in [5.41, 5.74) is 1.66. The fraction of sp³-hybridized carbons (Fsp3) is 0.111. The van der Waals surface area contributed by atoms with Crippen molar-refractivity contribution in [2.45, 2.75) is 0 Å². The van der Waals surface area contributed by atoms with Gasteiger partial charge in [-0.1, -0.05) is 23.5 Å². The van der Waals surface area contributed by atoms with Crippen molar-refractivity contribution in [2.75, 3.05) is 19.5 Å². The van der Waals surface area contributed by atoms with Gasteiger partial charge in [-0.25, -0.2) is 4.98 Å². The summed E-state index contributed by atoms with van der Waals surface area (Å²) < 4.78 is 11.5. The van der Waals surface area contributed by atoms with Crippen molar-refractivity contribution in [3.05, 3.63) is 54.1 Å². The predicted octanol–water partition coefficient (Wildman–Crippen LogP) is 3.97. The molecule has 0 saturated heterocycles. The maximum Gasteiger partial charge on any atom is 0.250 e. The van der Waals surface area contributed by atoms with Gasteiger partial charge in [-0.15, -0.1) is 0 Å². The average Bonchev–Trinajstić information content (AvgIpc) is 3.01. The second-order valence-electron chi connectivity index (χ2n) is 4.92. The zero-order chi connectivity index (χ0) is 16.9. The van der Waals surface area contributed by atoms with E-state index in [0.29, 0.717) is 16.6 Å². The lowest BCUT2D eigenvalue weighted by atomic mass is 10.1. The fourth-order valence-corrected chi connectivity index (χ4v) is 3.06. The monoisotopic (exact) mass is 340 g/mol. The molecule has 0 spiro atoms. The molecule has 1 heterocycles. The molecule has 3 rings (SSSR count). The van der Waals surface area contributed by atoms with Crippen LogP contribution in [0.5, 0.6) is 11.5 Å². The highest BCUT2D eigenvalue weighted by atomic mass is 32.1. The molecule has 1 aromatic heterocycles. The molecule has 0 fully saturated rings. The lowest BCUT2D eigenvalue weighted by molar-refractivity contribution is -0.111. The van der Waals surface area contributed by atoms with E-state index in [9.17, 15) is 4.79 Å². The molecule has 0 aliphatic rings. The highest BCUT2D eigenvalue weighted by molar-refractivity contribution is 7.22. The number of para-hydroxylation sites is 1. The molecular weight excluding hydrogens is 324 g/mol. The lowest BCUT2D eigenvalue weighted by Crippen LogP contribution is -2.07. The maximum absolute atomic E-state index is 12.1. The van der Waals surface area contributed by atoms with Crippen LogP contribution in [0.25, 0.3) is 16.3 Å². The summed E-state index contributed by atoms with van der Waals surface area (Å²) in [6, 6.07) is 13.2. The van der Waals surface area contributed by atoms with Gasteiger partial charge >= 0.3 is 0 Å². The number of methoxy groups -OCH3 is 2. The molecule has 3 aromatic rings. The minimum Gasteiger partial charge on any atom is -0.497 e. The number of ether oxygens (including phenoxy) is 2. The smallest absolute Gasteiger partial charge is 0.250 e. The topological polar surface area (TPSA) is 60.5 Å². The Kier molecular flexibility index (Phi) is 4.77. The number of carbonyl (C=O) groups excluding carboxylic acids is 1. The van der Waals surface area contributed by atoms with Gasteiger partial charge < -0.3 is 9.47 Å². The van der Waals surface area contributed by atoms with Gasteiger partial charge in [-0.2, -0.15) is 0 Å². The number of hydrogen-bond donors (Lipinski definition) is 1. The molecule has 2 aromatic carbocycles. The van der Waals surface area contributed by atoms with Crippen molar-refractivity contribution in [3.8, 4) is 11.5 Å². The average molecular weight is 340 g/mol. The zero-order valence-corrected chi connectivity index (χ0v) is 14.1. The van der Waals surface area contributed by atoms with Crippen LogP contribution in [-0.2, 0) is 4.79 Å². The number of fused-ring (bicyclic) bond motifs is 1. The Balaban J connectivity index is 1.73. The summed E-state index contributed by atoms with van der Waals surface area (Å²) in [5.74, 6) is 1.09. The van der Waals surface area contributed by atoms with Crippen molar-refractivity contribution in [1.29, 1.82) is 0 Å². The second-order valence-corrected chi connectivity index (χ2v) is 5.95. The Morgan fingerprint density at radius 3 is 2.75 bits per heavy atom. The SMILES string of the molecule is COc1ccc(/C=C/C(=O)Nc2nc3ccccc3s2)c(OC)c1. The highest BCUT2D eigenvalue weighted by Crippen LogP contribution is 2.27. The molecule has 5 nitrogen and oxygen atoms in total. The summed E-state index contributed by atoms with van der Waals surface area (Å²) in [6.45, 7) is 0. The van der Waals surface area contributed by atoms with Crippen LogP contribution in [0.2, 0.25) is 0 Å². The Labute approximate surface area is 143 Å². The zero-order valence-electron chi connectivity index (χ0n) is 13.3. The molecule has 24 heavy (non-hydrogen) atoms. The first-order valence-corrected chi connectivity index (χ1v) is 8.08. The Hall–Kier alpha value is -2.86. The van der Waals surface area contributed by atoms with Crippen LogP contribution in [-0.4, -0.2) is 25.1 Å². The number of carbonyl (C=O) groups is 1. The first kappa shape index (κ1) is 16.0. The predicted molar refractivity (Wildman–Crippen MR) is 96.8 cm³/mol. The van der Waals surface area contributed by atoms with Gasteiger partial charge in [0.2, 0.25) is 5.91 Å². The van der Waals surface area contributed by atoms with E-state index in [1.54, 1.807) is 26.4 Å². The minimum atomic E-state index is -0.244. The number of amides is 1. The minimum absolute atomic E-state index is 0.244. The number of thiazole rings is 1. The standard InChI is InChI=1S/C18H16N2O3S/c1-22-13-9-7-12(15(11-13)23-2)8-10-17(21)20-18-19-14-5-3-4-6-16(14)24-18/h3-11H,1-2H3,(H,19,20,21)/b10-8+. The first-order chi connectivity index (χ1) is 11.7. The van der Waals surface area contributed by atoms with Gasteiger partial charge in [0.15, 0.2) is 5.13 Å². The van der Waals surface area contributed by atoms with E-state index in [-0.39, 0.29) is 5.91 Å². The summed E-state index contributed by atoms with van der Waals surface area (Å²) in [4.78, 5) is 16.5. The Bertz CT molecular complexity index is 869. The number of nitrogens with one attached hydrogen (secondary N) is 1. The third-order valence-corrected chi connectivity index (χ3v) is 4.33. The van der Waals surface area contributed by atoms with Crippen molar-refractivity contribution >= 4 is 38.7 Å². The molecule has 1 N–H and O–H groups in total. The van der Waals surface area contributed by atoms with E-state index in [0.717, 1.165) is 15.8 Å². The maximum atomic E-state index is 12.1. The molecule has 0 bridgehead atoms. The third kappa shape index (κ3) is 3.55. The summed E-state index contributed by atoms with van der Waals surface area (Å²) in [7, 11) is 3.17. The van der Waals surface area contributed by atoms with Crippen LogP contribution >= 0.6 is 11.3 Å². The van der Waals surface area contributed by atoms with Gasteiger partial charge in [0.1, 0.15) is 11.5 Å². The van der Waals surface area contributed by atoms with Crippen molar-refractivity contribution in [1.82, 2.24) is 4.98 Å². The van der Waals surface area contributed by atoms with Crippen LogP contribution in [0.15, 0.2) is 48.5 Å². The van der Waals surface area contributed by atoms with E-state index < -0.39 is 0 Å². The molecule has 0 saturated carbocycles. The normalized spacial score (nSPS) is 10.9. The molecule has 0 unspecified atom stereocenters. The van der Waals surface area contributed by atoms with Crippen molar-refractivity contribution < 1.29 is 14.3 Å². The van der Waals surface area contributed by atoms with E-state index in [4.69, 9.17) is 9.47 Å². The van der Waals surface area contributed by atoms with Crippen molar-refractivity contribution in [2.24, 2.45) is 0 Å². The van der Waals surface area contributed by atoms with Crippen molar-refractivity contribution in [3.63, 3.8) is 0 Å². The summed E-state index contributed by atoms with van der Waals surface area (Å²) in [6.07, 6.45) is 3.15. The van der Waals surface area contributed by atoms with Crippen LogP contribution in [0.1, 0.15) is 5.56 Å². The number of aromatic nitrogens is 1. The van der Waals surface area contributed by atoms with E-state index in [1.165, 1.54) is 17.4 Å². The number of nitrogens with zero attached hydrogens (tertiary/aromatic N) is 1. The van der Waals surface area contributed by atoms with Gasteiger partial charge in [0.25, 0.3) is 0 Å². The molecule has 1 amide bonds. The molecule has 0 aliphatic heterocycles. The lowest BCUT2D eigenvalue weighted by Gasteiger charge is -2.07. The van der Waals surface area contributed by atoms with Crippen LogP contribution < -0.4 is 14.8 Å². The first-order valence-electron chi connectivity index (χ1n) is 7.26. The third-order valence-electron chi connectivity index (χ3n) is 3.38. The van der Waals surface area contributed by atoms with Gasteiger partial charge in [-0.3, -0.25) is 10.1 Å². The fourth-order valence-electron chi connectivity index (χ4n) is 2.19. The highest BCUT2D eigenvalue weighted by Gasteiger charge is 2.06. The molecule has 122 valence electrons. The molecular formula is C18H16N2O3S. The number of hydrogen-bond acceptors (Lipinski definition) is 5. The van der Waals surface area contributed by atoms with E-state index in [1.807, 2.05) is 36.4 Å². The van der Waals surface area contributed by atoms with Gasteiger partial charge in [0, 0.05) is 17.7 Å². The number of anilines is 1. The molecule has 0 atom stereocenters. The summed E-state index contributed by atoms with van der Waals surface area (Å²) in [5, 5.41) is 3.35. The molecule has 6 heteroatoms. The van der Waals surface area contributed by atoms with E-state index >= 15 is 0 Å². The molecule has 0 aliphatic carbocycles. The Morgan fingerprint density at radius 2 is 2.00 bits per heavy atom. The quantitative estimate of drug-likeness (QED) is 0.714. The molecule has 0 radical (unpaired) electrons. The number of rotatable bonds is 5. The van der Waals surface area contributed by atoms with Gasteiger partial charge in [0.05, 0.1) is 24.4 Å².